The zero-order valence-electron chi connectivity index (χ0n) is 10.8. The number of hydrogen-bond acceptors (Lipinski definition) is 2. The zero-order valence-corrected chi connectivity index (χ0v) is 12.4. The van der Waals surface area contributed by atoms with Gasteiger partial charge < -0.3 is 10.1 Å². The van der Waals surface area contributed by atoms with Gasteiger partial charge in [-0.1, -0.05) is 52.3 Å². The Morgan fingerprint density at radius 2 is 2.00 bits per heavy atom. The van der Waals surface area contributed by atoms with Crippen molar-refractivity contribution in [1.29, 1.82) is 0 Å². The summed E-state index contributed by atoms with van der Waals surface area (Å²) in [5.41, 5.74) is 3.14. The van der Waals surface area contributed by atoms with Gasteiger partial charge in [0, 0.05) is 4.83 Å². The van der Waals surface area contributed by atoms with E-state index in [4.69, 9.17) is 4.74 Å². The molecule has 0 aromatic heterocycles. The molecule has 0 bridgehead atoms. The van der Waals surface area contributed by atoms with E-state index in [9.17, 15) is 4.79 Å². The summed E-state index contributed by atoms with van der Waals surface area (Å²) in [4.78, 5) is 11.6. The molecular formula is C16H14BrNO2. The van der Waals surface area contributed by atoms with Gasteiger partial charge >= 0.3 is 0 Å². The molecule has 0 radical (unpaired) electrons. The summed E-state index contributed by atoms with van der Waals surface area (Å²) in [6.07, 6.45) is 0.897. The van der Waals surface area contributed by atoms with Gasteiger partial charge in [0.05, 0.1) is 5.69 Å². The van der Waals surface area contributed by atoms with E-state index in [1.807, 2.05) is 36.4 Å². The van der Waals surface area contributed by atoms with Crippen molar-refractivity contribution < 1.29 is 9.53 Å². The highest BCUT2D eigenvalue weighted by Gasteiger charge is 2.18. The number of alkyl halides is 1. The average Bonchev–Trinajstić information content (AvgIpc) is 2.47. The van der Waals surface area contributed by atoms with E-state index in [2.05, 4.69) is 33.4 Å². The molecule has 0 spiro atoms. The molecule has 1 aliphatic heterocycles. The smallest absolute Gasteiger partial charge is 0.262 e. The molecule has 20 heavy (non-hydrogen) atoms. The van der Waals surface area contributed by atoms with Gasteiger partial charge in [0.15, 0.2) is 6.61 Å². The molecule has 2 aromatic carbocycles. The number of amides is 1. The van der Waals surface area contributed by atoms with Crippen molar-refractivity contribution >= 4 is 27.5 Å². The Labute approximate surface area is 126 Å². The van der Waals surface area contributed by atoms with E-state index in [0.29, 0.717) is 0 Å². The van der Waals surface area contributed by atoms with Crippen molar-refractivity contribution in [2.75, 3.05) is 11.9 Å². The highest BCUT2D eigenvalue weighted by Crippen LogP contribution is 2.34. The van der Waals surface area contributed by atoms with Crippen LogP contribution in [0.5, 0.6) is 5.75 Å². The molecule has 102 valence electrons. The number of carbonyl (C=O) groups is 1. The maximum Gasteiger partial charge on any atom is 0.262 e. The second kappa shape index (κ2) is 5.67. The van der Waals surface area contributed by atoms with Crippen LogP contribution in [-0.2, 0) is 11.2 Å². The number of carbonyl (C=O) groups excluding carboxylic acids is 1. The Bertz CT molecular complexity index is 628. The molecule has 1 unspecified atom stereocenters. The number of hydrogen-bond donors (Lipinski definition) is 1. The van der Waals surface area contributed by atoms with Crippen LogP contribution in [0.1, 0.15) is 16.0 Å². The number of rotatable bonds is 3. The summed E-state index contributed by atoms with van der Waals surface area (Å²) < 4.78 is 5.36. The van der Waals surface area contributed by atoms with Crippen LogP contribution in [0.15, 0.2) is 48.5 Å². The van der Waals surface area contributed by atoms with Gasteiger partial charge in [0.2, 0.25) is 0 Å². The summed E-state index contributed by atoms with van der Waals surface area (Å²) in [5, 5.41) is 2.83. The number of ether oxygens (including phenoxy) is 1. The minimum absolute atomic E-state index is 0.0914. The molecule has 1 heterocycles. The lowest BCUT2D eigenvalue weighted by molar-refractivity contribution is -0.118. The number of fused-ring (bicyclic) bond motifs is 1. The lowest BCUT2D eigenvalue weighted by Gasteiger charge is -2.20. The third-order valence-electron chi connectivity index (χ3n) is 3.26. The maximum absolute atomic E-state index is 11.4. The van der Waals surface area contributed by atoms with Gasteiger partial charge in [-0.2, -0.15) is 0 Å². The average molecular weight is 332 g/mol. The second-order valence-electron chi connectivity index (χ2n) is 4.75. The Hall–Kier alpha value is -1.81. The van der Waals surface area contributed by atoms with Crippen molar-refractivity contribution in [1.82, 2.24) is 0 Å². The molecule has 1 N–H and O–H groups in total. The third kappa shape index (κ3) is 2.85. The van der Waals surface area contributed by atoms with Crippen molar-refractivity contribution in [2.45, 2.75) is 11.2 Å². The lowest BCUT2D eigenvalue weighted by Crippen LogP contribution is -2.25. The number of benzene rings is 2. The molecule has 4 heteroatoms. The van der Waals surface area contributed by atoms with Crippen LogP contribution in [0.25, 0.3) is 0 Å². The molecule has 0 aliphatic carbocycles. The topological polar surface area (TPSA) is 38.3 Å². The SMILES string of the molecule is O=C1COc2ccc(C(Br)Cc3ccccc3)cc2N1. The Kier molecular flexibility index (Phi) is 3.74. The maximum atomic E-state index is 11.4. The molecule has 3 rings (SSSR count). The van der Waals surface area contributed by atoms with Gasteiger partial charge in [-0.05, 0) is 29.7 Å². The standard InChI is InChI=1S/C16H14BrNO2/c17-13(8-11-4-2-1-3-5-11)12-6-7-15-14(9-12)18-16(19)10-20-15/h1-7,9,13H,8,10H2,(H,18,19). The highest BCUT2D eigenvalue weighted by atomic mass is 79.9. The number of anilines is 1. The molecule has 3 nitrogen and oxygen atoms in total. The van der Waals surface area contributed by atoms with Crippen LogP contribution in [0.2, 0.25) is 0 Å². The second-order valence-corrected chi connectivity index (χ2v) is 5.86. The van der Waals surface area contributed by atoms with Crippen LogP contribution >= 0.6 is 15.9 Å². The fraction of sp³-hybridized carbons (Fsp3) is 0.188. The highest BCUT2D eigenvalue weighted by molar-refractivity contribution is 9.09. The van der Waals surface area contributed by atoms with Gasteiger partial charge in [0.1, 0.15) is 5.75 Å². The van der Waals surface area contributed by atoms with Gasteiger partial charge in [0.25, 0.3) is 5.91 Å². The molecule has 0 saturated heterocycles. The first-order valence-corrected chi connectivity index (χ1v) is 7.38. The monoisotopic (exact) mass is 331 g/mol. The molecule has 0 saturated carbocycles. The van der Waals surface area contributed by atoms with Crippen molar-refractivity contribution in [3.05, 3.63) is 59.7 Å². The van der Waals surface area contributed by atoms with Gasteiger partial charge in [-0.3, -0.25) is 4.79 Å². The van der Waals surface area contributed by atoms with Crippen LogP contribution in [-0.4, -0.2) is 12.5 Å². The number of nitrogens with one attached hydrogen (secondary N) is 1. The van der Waals surface area contributed by atoms with Crippen molar-refractivity contribution in [3.63, 3.8) is 0 Å². The van der Waals surface area contributed by atoms with E-state index in [1.54, 1.807) is 0 Å². The molecule has 0 fully saturated rings. The first-order chi connectivity index (χ1) is 9.72. The Morgan fingerprint density at radius 1 is 1.20 bits per heavy atom. The van der Waals surface area contributed by atoms with Crippen molar-refractivity contribution in [3.8, 4) is 5.75 Å². The largest absolute Gasteiger partial charge is 0.482 e. The van der Waals surface area contributed by atoms with Gasteiger partial charge in [-0.25, -0.2) is 0 Å². The van der Waals surface area contributed by atoms with Crippen molar-refractivity contribution in [2.24, 2.45) is 0 Å². The van der Waals surface area contributed by atoms with E-state index in [0.717, 1.165) is 23.4 Å². The molecular weight excluding hydrogens is 318 g/mol. The Morgan fingerprint density at radius 3 is 2.80 bits per heavy atom. The Balaban J connectivity index is 1.80. The summed E-state index contributed by atoms with van der Waals surface area (Å²) >= 11 is 3.71. The lowest BCUT2D eigenvalue weighted by atomic mass is 10.0. The van der Waals surface area contributed by atoms with Crippen LogP contribution in [0.4, 0.5) is 5.69 Å². The van der Waals surface area contributed by atoms with E-state index in [1.165, 1.54) is 5.56 Å². The fourth-order valence-corrected chi connectivity index (χ4v) is 2.89. The molecule has 1 atom stereocenters. The van der Waals surface area contributed by atoms with Crippen LogP contribution in [0, 0.1) is 0 Å². The summed E-state index contributed by atoms with van der Waals surface area (Å²) in [6.45, 7) is 0.0914. The third-order valence-corrected chi connectivity index (χ3v) is 4.11. The summed E-state index contributed by atoms with van der Waals surface area (Å²) in [6, 6.07) is 16.2. The number of halogens is 1. The molecule has 2 aromatic rings. The molecule has 1 amide bonds. The minimum Gasteiger partial charge on any atom is -0.482 e. The van der Waals surface area contributed by atoms with Gasteiger partial charge in [-0.15, -0.1) is 0 Å². The van der Waals surface area contributed by atoms with E-state index >= 15 is 0 Å². The van der Waals surface area contributed by atoms with Crippen LogP contribution < -0.4 is 10.1 Å². The quantitative estimate of drug-likeness (QED) is 0.871. The van der Waals surface area contributed by atoms with E-state index in [-0.39, 0.29) is 17.3 Å². The predicted molar refractivity (Wildman–Crippen MR) is 82.4 cm³/mol. The van der Waals surface area contributed by atoms with Crippen LogP contribution in [0.3, 0.4) is 0 Å². The molecule has 1 aliphatic rings. The van der Waals surface area contributed by atoms with E-state index < -0.39 is 0 Å². The first-order valence-electron chi connectivity index (χ1n) is 6.47. The fourth-order valence-electron chi connectivity index (χ4n) is 2.23. The normalized spacial score (nSPS) is 14.9. The minimum atomic E-state index is -0.108. The first kappa shape index (κ1) is 13.2. The zero-order chi connectivity index (χ0) is 13.9. The summed E-state index contributed by atoms with van der Waals surface area (Å²) in [5.74, 6) is 0.622. The predicted octanol–water partition coefficient (Wildman–Crippen LogP) is 3.70. The summed E-state index contributed by atoms with van der Waals surface area (Å²) in [7, 11) is 0.